The lowest BCUT2D eigenvalue weighted by atomic mass is 10.1. The van der Waals surface area contributed by atoms with Crippen molar-refractivity contribution in [3.63, 3.8) is 0 Å². The molecule has 0 radical (unpaired) electrons. The predicted molar refractivity (Wildman–Crippen MR) is 110 cm³/mol. The molecule has 1 aromatic carbocycles. The second-order valence-corrected chi connectivity index (χ2v) is 6.42. The molecular formula is C15H17F6N7S2. The highest BCUT2D eigenvalue weighted by molar-refractivity contribution is 7.80. The maximum atomic E-state index is 12.2. The molecule has 0 heterocycles. The summed E-state index contributed by atoms with van der Waals surface area (Å²) in [7, 11) is 0. The van der Waals surface area contributed by atoms with Crippen molar-refractivity contribution in [1.82, 2.24) is 21.5 Å². The Morgan fingerprint density at radius 2 is 1.30 bits per heavy atom. The summed E-state index contributed by atoms with van der Waals surface area (Å²) in [5, 5.41) is 10.8. The van der Waals surface area contributed by atoms with Gasteiger partial charge in [-0.15, -0.1) is 0 Å². The Hall–Kier alpha value is -2.68. The molecule has 0 bridgehead atoms. The third-order valence-electron chi connectivity index (χ3n) is 3.02. The van der Waals surface area contributed by atoms with Crippen LogP contribution >= 0.6 is 24.4 Å². The highest BCUT2D eigenvalue weighted by atomic mass is 32.1. The quantitative estimate of drug-likeness (QED) is 0.142. The van der Waals surface area contributed by atoms with Crippen LogP contribution in [0.15, 0.2) is 34.5 Å². The van der Waals surface area contributed by atoms with Crippen molar-refractivity contribution < 1.29 is 26.3 Å². The maximum Gasteiger partial charge on any atom is 0.405 e. The zero-order valence-electron chi connectivity index (χ0n) is 15.3. The first-order valence-electron chi connectivity index (χ1n) is 7.96. The Morgan fingerprint density at radius 3 is 1.73 bits per heavy atom. The third-order valence-corrected chi connectivity index (χ3v) is 3.49. The van der Waals surface area contributed by atoms with Crippen LogP contribution in [-0.2, 0) is 0 Å². The number of nitrogens with zero attached hydrogens (tertiary/aromatic N) is 2. The minimum atomic E-state index is -4.48. The van der Waals surface area contributed by atoms with Crippen molar-refractivity contribution in [1.29, 1.82) is 0 Å². The number of hydrogen-bond donors (Lipinski definition) is 5. The number of hydrogen-bond acceptors (Lipinski definition) is 5. The third kappa shape index (κ3) is 10.8. The molecule has 15 heteroatoms. The van der Waals surface area contributed by atoms with Gasteiger partial charge in [0.1, 0.15) is 18.8 Å². The zero-order valence-corrected chi connectivity index (χ0v) is 16.9. The molecule has 6 N–H and O–H groups in total. The van der Waals surface area contributed by atoms with Gasteiger partial charge in [-0.3, -0.25) is 10.9 Å². The fourth-order valence-electron chi connectivity index (χ4n) is 1.73. The van der Waals surface area contributed by atoms with Crippen LogP contribution in [-0.4, -0.2) is 47.1 Å². The molecule has 30 heavy (non-hydrogen) atoms. The van der Waals surface area contributed by atoms with Crippen molar-refractivity contribution >= 4 is 51.8 Å². The van der Waals surface area contributed by atoms with Crippen LogP contribution in [0.5, 0.6) is 0 Å². The van der Waals surface area contributed by atoms with Gasteiger partial charge in [0.05, 0.1) is 5.71 Å². The minimum absolute atomic E-state index is 0.122. The number of alkyl halides is 6. The van der Waals surface area contributed by atoms with Gasteiger partial charge < -0.3 is 16.4 Å². The molecular weight excluding hydrogens is 456 g/mol. The van der Waals surface area contributed by atoms with Gasteiger partial charge in [0, 0.05) is 11.3 Å². The molecule has 166 valence electrons. The summed E-state index contributed by atoms with van der Waals surface area (Å²) in [4.78, 5) is 0. The zero-order chi connectivity index (χ0) is 22.9. The van der Waals surface area contributed by atoms with Crippen molar-refractivity contribution in [3.05, 3.63) is 29.8 Å². The Kier molecular flexibility index (Phi) is 9.22. The molecule has 0 atom stereocenters. The molecule has 0 saturated heterocycles. The molecule has 0 fully saturated rings. The largest absolute Gasteiger partial charge is 0.405 e. The predicted octanol–water partition coefficient (Wildman–Crippen LogP) is 2.40. The van der Waals surface area contributed by atoms with E-state index >= 15 is 0 Å². The van der Waals surface area contributed by atoms with Crippen molar-refractivity contribution in [2.24, 2.45) is 10.2 Å². The topological polar surface area (TPSA) is 98.9 Å². The molecule has 1 rings (SSSR count). The number of benzene rings is 1. The summed E-state index contributed by atoms with van der Waals surface area (Å²) in [6.07, 6.45) is -8.94. The first kappa shape index (κ1) is 25.4. The summed E-state index contributed by atoms with van der Waals surface area (Å²) in [5.41, 5.74) is 11.3. The summed E-state index contributed by atoms with van der Waals surface area (Å²) >= 11 is 9.43. The molecule has 7 nitrogen and oxygen atoms in total. The lowest BCUT2D eigenvalue weighted by Crippen LogP contribution is -2.40. The molecule has 0 aliphatic heterocycles. The second kappa shape index (κ2) is 10.9. The van der Waals surface area contributed by atoms with Crippen molar-refractivity contribution in [2.75, 3.05) is 18.8 Å². The van der Waals surface area contributed by atoms with E-state index in [9.17, 15) is 26.3 Å². The number of rotatable bonds is 6. The Labute approximate surface area is 178 Å². The molecule has 0 aliphatic rings. The van der Waals surface area contributed by atoms with Crippen LogP contribution < -0.4 is 27.2 Å². The van der Waals surface area contributed by atoms with Crippen LogP contribution in [0.1, 0.15) is 12.5 Å². The number of anilines is 1. The van der Waals surface area contributed by atoms with Crippen LogP contribution in [0.25, 0.3) is 0 Å². The normalized spacial score (nSPS) is 12.9. The molecule has 0 unspecified atom stereocenters. The first-order valence-corrected chi connectivity index (χ1v) is 8.78. The maximum absolute atomic E-state index is 12.2. The second-order valence-electron chi connectivity index (χ2n) is 5.60. The highest BCUT2D eigenvalue weighted by Crippen LogP contribution is 2.13. The van der Waals surface area contributed by atoms with Gasteiger partial charge in [0.15, 0.2) is 10.2 Å². The molecule has 0 saturated carbocycles. The number of hydrazone groups is 2. The Balaban J connectivity index is 2.93. The van der Waals surface area contributed by atoms with Gasteiger partial charge >= 0.3 is 12.4 Å². The van der Waals surface area contributed by atoms with E-state index in [-0.39, 0.29) is 11.4 Å². The van der Waals surface area contributed by atoms with E-state index in [0.717, 1.165) is 0 Å². The molecule has 0 aliphatic carbocycles. The number of nitrogen functional groups attached to an aromatic ring is 1. The van der Waals surface area contributed by atoms with Crippen molar-refractivity contribution in [3.8, 4) is 0 Å². The van der Waals surface area contributed by atoms with E-state index in [1.165, 1.54) is 6.92 Å². The van der Waals surface area contributed by atoms with Gasteiger partial charge in [-0.2, -0.15) is 36.5 Å². The smallest absolute Gasteiger partial charge is 0.399 e. The summed E-state index contributed by atoms with van der Waals surface area (Å²) < 4.78 is 73.3. The van der Waals surface area contributed by atoms with Crippen molar-refractivity contribution in [2.45, 2.75) is 19.3 Å². The van der Waals surface area contributed by atoms with Crippen LogP contribution in [0.3, 0.4) is 0 Å². The van der Waals surface area contributed by atoms with Gasteiger partial charge in [-0.25, -0.2) is 0 Å². The number of thiocarbonyl (C=S) groups is 2. The Bertz CT molecular complexity index is 803. The number of halogens is 6. The fraction of sp³-hybridized carbons (Fsp3) is 0.333. The van der Waals surface area contributed by atoms with E-state index in [0.29, 0.717) is 11.3 Å². The Morgan fingerprint density at radius 1 is 0.867 bits per heavy atom. The summed E-state index contributed by atoms with van der Waals surface area (Å²) in [6, 6.07) is 6.20. The van der Waals surface area contributed by atoms with Gasteiger partial charge in [0.25, 0.3) is 0 Å². The van der Waals surface area contributed by atoms with Crippen LogP contribution in [0.4, 0.5) is 32.0 Å². The van der Waals surface area contributed by atoms with Gasteiger partial charge in [-0.1, -0.05) is 12.1 Å². The minimum Gasteiger partial charge on any atom is -0.399 e. The first-order chi connectivity index (χ1) is 13.8. The molecule has 0 spiro atoms. The van der Waals surface area contributed by atoms with E-state index in [1.807, 2.05) is 10.6 Å². The van der Waals surface area contributed by atoms with E-state index < -0.39 is 35.7 Å². The van der Waals surface area contributed by atoms with E-state index in [2.05, 4.69) is 21.1 Å². The molecule has 0 amide bonds. The van der Waals surface area contributed by atoms with Gasteiger partial charge in [-0.05, 0) is 43.5 Å². The summed E-state index contributed by atoms with van der Waals surface area (Å²) in [6.45, 7) is -1.27. The lowest BCUT2D eigenvalue weighted by molar-refractivity contribution is -0.122. The molecule has 1 aromatic rings. The average Bonchev–Trinajstić information content (AvgIpc) is 2.63. The highest BCUT2D eigenvalue weighted by Gasteiger charge is 2.27. The average molecular weight is 473 g/mol. The number of nitrogens with one attached hydrogen (secondary N) is 4. The summed E-state index contributed by atoms with van der Waals surface area (Å²) in [5.74, 6) is 0. The number of nitrogens with two attached hydrogens (primary N) is 1. The lowest BCUT2D eigenvalue weighted by Gasteiger charge is -2.13. The molecule has 0 aromatic heterocycles. The fourth-order valence-corrected chi connectivity index (χ4v) is 1.97. The van der Waals surface area contributed by atoms with Crippen LogP contribution in [0.2, 0.25) is 0 Å². The van der Waals surface area contributed by atoms with Crippen LogP contribution in [0, 0.1) is 0 Å². The van der Waals surface area contributed by atoms with Gasteiger partial charge in [0.2, 0.25) is 0 Å². The standard InChI is InChI=1S/C15H17F6N7S2/c1-8(25-27-12(29)23-6-14(16,17)18)11(9-2-4-10(22)5-3-9)26-28-13(30)24-7-15(19,20)21/h2-5H,6-7,22H2,1H3,(H2,23,27,29)(H2,24,28,30). The SMILES string of the molecule is CC(=NNC(=S)NCC(F)(F)F)C(=NNC(=S)NCC(F)(F)F)c1ccc(N)cc1. The van der Waals surface area contributed by atoms with E-state index in [4.69, 9.17) is 30.2 Å². The monoisotopic (exact) mass is 473 g/mol. The van der Waals surface area contributed by atoms with E-state index in [1.54, 1.807) is 24.3 Å².